The maximum absolute atomic E-state index is 12.7. The third kappa shape index (κ3) is 5.76. The lowest BCUT2D eigenvalue weighted by molar-refractivity contribution is -0.126. The number of hydrogen-bond donors (Lipinski definition) is 2. The summed E-state index contributed by atoms with van der Waals surface area (Å²) < 4.78 is 0. The first-order chi connectivity index (χ1) is 13.0. The Labute approximate surface area is 166 Å². The molecule has 0 saturated carbocycles. The average molecular weight is 387 g/mol. The molecule has 1 fully saturated rings. The molecule has 1 amide bonds. The summed E-state index contributed by atoms with van der Waals surface area (Å²) in [6, 6.07) is 12.1. The van der Waals surface area contributed by atoms with Crippen molar-refractivity contribution in [1.29, 1.82) is 0 Å². The molecule has 5 nitrogen and oxygen atoms in total. The van der Waals surface area contributed by atoms with Crippen LogP contribution in [0.1, 0.15) is 31.4 Å². The number of halogens is 1. The molecule has 0 spiro atoms. The Morgan fingerprint density at radius 3 is 2.74 bits per heavy atom. The standard InChI is InChI=1S/C21H27ClN4O/c1-15(2)25-21(27)20-11-19(24-12-16-6-8-23-9-7-16)14-26(20)13-17-4-3-5-18(22)10-17/h3-10,15,19-20,24H,11-14H2,1-2H3,(H,25,27)/t19-,20+/m1/s1. The summed E-state index contributed by atoms with van der Waals surface area (Å²) in [5.41, 5.74) is 2.32. The van der Waals surface area contributed by atoms with Gasteiger partial charge in [0.2, 0.25) is 5.91 Å². The van der Waals surface area contributed by atoms with Crippen LogP contribution in [0.25, 0.3) is 0 Å². The highest BCUT2D eigenvalue weighted by molar-refractivity contribution is 6.30. The number of carbonyl (C=O) groups is 1. The minimum absolute atomic E-state index is 0.0974. The van der Waals surface area contributed by atoms with Gasteiger partial charge < -0.3 is 10.6 Å². The summed E-state index contributed by atoms with van der Waals surface area (Å²) in [6.45, 7) is 6.30. The summed E-state index contributed by atoms with van der Waals surface area (Å²) in [4.78, 5) is 19.0. The second-order valence-electron chi connectivity index (χ2n) is 7.41. The van der Waals surface area contributed by atoms with Gasteiger partial charge in [-0.25, -0.2) is 0 Å². The number of benzene rings is 1. The fourth-order valence-corrected chi connectivity index (χ4v) is 3.73. The maximum atomic E-state index is 12.7. The summed E-state index contributed by atoms with van der Waals surface area (Å²) in [7, 11) is 0. The van der Waals surface area contributed by atoms with Crippen molar-refractivity contribution < 1.29 is 4.79 Å². The van der Waals surface area contributed by atoms with E-state index in [-0.39, 0.29) is 24.0 Å². The lowest BCUT2D eigenvalue weighted by Crippen LogP contribution is -2.45. The van der Waals surface area contributed by atoms with Crippen molar-refractivity contribution in [3.05, 3.63) is 64.9 Å². The second kappa shape index (κ2) is 9.31. The molecule has 3 rings (SSSR count). The van der Waals surface area contributed by atoms with E-state index in [0.29, 0.717) is 6.54 Å². The van der Waals surface area contributed by atoms with Gasteiger partial charge in [-0.15, -0.1) is 0 Å². The van der Waals surface area contributed by atoms with E-state index in [1.54, 1.807) is 12.4 Å². The summed E-state index contributed by atoms with van der Waals surface area (Å²) in [5.74, 6) is 0.0974. The van der Waals surface area contributed by atoms with Crippen molar-refractivity contribution in [2.24, 2.45) is 0 Å². The monoisotopic (exact) mass is 386 g/mol. The molecule has 2 heterocycles. The smallest absolute Gasteiger partial charge is 0.237 e. The number of aromatic nitrogens is 1. The number of amides is 1. The molecule has 0 unspecified atom stereocenters. The molecule has 144 valence electrons. The molecule has 1 aromatic heterocycles. The van der Waals surface area contributed by atoms with Gasteiger partial charge in [0.1, 0.15) is 0 Å². The third-order valence-corrected chi connectivity index (χ3v) is 4.99. The predicted molar refractivity (Wildman–Crippen MR) is 108 cm³/mol. The molecular formula is C21H27ClN4O. The molecule has 6 heteroatoms. The predicted octanol–water partition coefficient (Wildman–Crippen LogP) is 2.99. The zero-order valence-electron chi connectivity index (χ0n) is 15.9. The summed E-state index contributed by atoms with van der Waals surface area (Å²) in [6.07, 6.45) is 4.40. The first-order valence-corrected chi connectivity index (χ1v) is 9.80. The molecule has 2 aromatic rings. The Kier molecular flexibility index (Phi) is 6.83. The fourth-order valence-electron chi connectivity index (χ4n) is 3.51. The topological polar surface area (TPSA) is 57.3 Å². The molecule has 2 N–H and O–H groups in total. The SMILES string of the molecule is CC(C)NC(=O)[C@@H]1C[C@@H](NCc2ccncc2)CN1Cc1cccc(Cl)c1. The zero-order valence-corrected chi connectivity index (χ0v) is 16.6. The molecule has 2 atom stereocenters. The van der Waals surface area contributed by atoms with Crippen LogP contribution in [0, 0.1) is 0 Å². The van der Waals surface area contributed by atoms with E-state index < -0.39 is 0 Å². The van der Waals surface area contributed by atoms with Gasteiger partial charge in [-0.05, 0) is 55.7 Å². The van der Waals surface area contributed by atoms with Crippen molar-refractivity contribution in [3.8, 4) is 0 Å². The highest BCUT2D eigenvalue weighted by Crippen LogP contribution is 2.23. The molecule has 0 radical (unpaired) electrons. The average Bonchev–Trinajstić information content (AvgIpc) is 3.03. The lowest BCUT2D eigenvalue weighted by atomic mass is 10.1. The first-order valence-electron chi connectivity index (χ1n) is 9.42. The highest BCUT2D eigenvalue weighted by Gasteiger charge is 2.36. The molecule has 1 aliphatic rings. The van der Waals surface area contributed by atoms with Gasteiger partial charge in [0.15, 0.2) is 0 Å². The van der Waals surface area contributed by atoms with E-state index in [1.165, 1.54) is 5.56 Å². The van der Waals surface area contributed by atoms with Crippen LogP contribution in [0.2, 0.25) is 5.02 Å². The second-order valence-corrected chi connectivity index (χ2v) is 7.84. The van der Waals surface area contributed by atoms with E-state index in [0.717, 1.165) is 30.1 Å². The van der Waals surface area contributed by atoms with Crippen molar-refractivity contribution >= 4 is 17.5 Å². The molecular weight excluding hydrogens is 360 g/mol. The normalized spacial score (nSPS) is 20.1. The maximum Gasteiger partial charge on any atom is 0.237 e. The highest BCUT2D eigenvalue weighted by atomic mass is 35.5. The van der Waals surface area contributed by atoms with Gasteiger partial charge in [-0.1, -0.05) is 23.7 Å². The van der Waals surface area contributed by atoms with Crippen LogP contribution in [0.15, 0.2) is 48.8 Å². The Bertz CT molecular complexity index is 753. The lowest BCUT2D eigenvalue weighted by Gasteiger charge is -2.24. The summed E-state index contributed by atoms with van der Waals surface area (Å²) in [5, 5.41) is 7.38. The zero-order chi connectivity index (χ0) is 19.2. The summed E-state index contributed by atoms with van der Waals surface area (Å²) >= 11 is 6.13. The van der Waals surface area contributed by atoms with Crippen LogP contribution in [0.3, 0.4) is 0 Å². The number of nitrogens with zero attached hydrogens (tertiary/aromatic N) is 2. The van der Waals surface area contributed by atoms with Crippen LogP contribution < -0.4 is 10.6 Å². The molecule has 0 aliphatic carbocycles. The van der Waals surface area contributed by atoms with Gasteiger partial charge >= 0.3 is 0 Å². The van der Waals surface area contributed by atoms with Crippen molar-refractivity contribution in [2.45, 2.75) is 51.5 Å². The minimum Gasteiger partial charge on any atom is -0.353 e. The Morgan fingerprint density at radius 1 is 1.26 bits per heavy atom. The fraction of sp³-hybridized carbons (Fsp3) is 0.429. The van der Waals surface area contributed by atoms with Crippen LogP contribution >= 0.6 is 11.6 Å². The molecule has 1 saturated heterocycles. The van der Waals surface area contributed by atoms with Crippen LogP contribution in [-0.4, -0.2) is 40.5 Å². The number of hydrogen-bond acceptors (Lipinski definition) is 4. The number of likely N-dealkylation sites (tertiary alicyclic amines) is 1. The van der Waals surface area contributed by atoms with E-state index >= 15 is 0 Å². The van der Waals surface area contributed by atoms with Gasteiger partial charge in [0, 0.05) is 49.1 Å². The van der Waals surface area contributed by atoms with Gasteiger partial charge in [-0.2, -0.15) is 0 Å². The Balaban J connectivity index is 1.67. The third-order valence-electron chi connectivity index (χ3n) is 4.76. The number of pyridine rings is 1. The van der Waals surface area contributed by atoms with Crippen molar-refractivity contribution in [2.75, 3.05) is 6.54 Å². The molecule has 1 aromatic carbocycles. The van der Waals surface area contributed by atoms with E-state index in [4.69, 9.17) is 11.6 Å². The van der Waals surface area contributed by atoms with Crippen LogP contribution in [-0.2, 0) is 17.9 Å². The number of nitrogens with one attached hydrogen (secondary N) is 2. The minimum atomic E-state index is -0.138. The van der Waals surface area contributed by atoms with E-state index in [2.05, 4.69) is 26.6 Å². The Hall–Kier alpha value is -1.95. The Morgan fingerprint density at radius 2 is 2.04 bits per heavy atom. The van der Waals surface area contributed by atoms with Gasteiger partial charge in [0.25, 0.3) is 0 Å². The van der Waals surface area contributed by atoms with Crippen molar-refractivity contribution in [1.82, 2.24) is 20.5 Å². The van der Waals surface area contributed by atoms with Crippen molar-refractivity contribution in [3.63, 3.8) is 0 Å². The molecule has 27 heavy (non-hydrogen) atoms. The van der Waals surface area contributed by atoms with E-state index in [9.17, 15) is 4.79 Å². The number of carbonyl (C=O) groups excluding carboxylic acids is 1. The van der Waals surface area contributed by atoms with Gasteiger partial charge in [0.05, 0.1) is 6.04 Å². The quantitative estimate of drug-likeness (QED) is 0.768. The van der Waals surface area contributed by atoms with E-state index in [1.807, 2.05) is 44.2 Å². The first kappa shape index (κ1) is 19.8. The van der Waals surface area contributed by atoms with Gasteiger partial charge in [-0.3, -0.25) is 14.7 Å². The van der Waals surface area contributed by atoms with Crippen LogP contribution in [0.4, 0.5) is 0 Å². The molecule has 1 aliphatic heterocycles. The molecule has 0 bridgehead atoms. The number of rotatable bonds is 7. The largest absolute Gasteiger partial charge is 0.353 e. The van der Waals surface area contributed by atoms with Crippen LogP contribution in [0.5, 0.6) is 0 Å².